The molecular weight excluding hydrogens is 312 g/mol. The number of unbranched alkanes of at least 4 members (excludes halogenated alkanes) is 1. The zero-order valence-corrected chi connectivity index (χ0v) is 14.3. The van der Waals surface area contributed by atoms with E-state index < -0.39 is 0 Å². The van der Waals surface area contributed by atoms with E-state index in [1.807, 2.05) is 32.0 Å². The van der Waals surface area contributed by atoms with Crippen LogP contribution in [0.2, 0.25) is 0 Å². The molecule has 0 spiro atoms. The molecule has 0 aliphatic rings. The third-order valence-corrected chi connectivity index (χ3v) is 4.18. The average Bonchev–Trinajstić information content (AvgIpc) is 2.97. The second-order valence-electron chi connectivity index (χ2n) is 5.31. The number of benzene rings is 1. The predicted octanol–water partition coefficient (Wildman–Crippen LogP) is 2.70. The molecule has 0 fully saturated rings. The molecule has 1 heterocycles. The van der Waals surface area contributed by atoms with Gasteiger partial charge in [-0.25, -0.2) is 0 Å². The minimum absolute atomic E-state index is 0.0877. The Morgan fingerprint density at radius 3 is 2.70 bits per heavy atom. The summed E-state index contributed by atoms with van der Waals surface area (Å²) >= 11 is 1.24. The monoisotopic (exact) mass is 334 g/mol. The first-order valence-corrected chi connectivity index (χ1v) is 8.60. The molecule has 0 aliphatic heterocycles. The Balaban J connectivity index is 1.82. The van der Waals surface area contributed by atoms with Crippen molar-refractivity contribution in [3.8, 4) is 0 Å². The first-order valence-electron chi connectivity index (χ1n) is 7.61. The van der Waals surface area contributed by atoms with Crippen LogP contribution in [0.1, 0.15) is 29.9 Å². The average molecular weight is 334 g/mol. The lowest BCUT2D eigenvalue weighted by atomic mass is 10.1. The van der Waals surface area contributed by atoms with E-state index in [0.717, 1.165) is 36.1 Å². The Kier molecular flexibility index (Phi) is 6.61. The van der Waals surface area contributed by atoms with Gasteiger partial charge in [0.2, 0.25) is 11.8 Å². The van der Waals surface area contributed by atoms with Crippen molar-refractivity contribution in [2.24, 2.45) is 5.73 Å². The number of hydrogen-bond donors (Lipinski definition) is 2. The quantitative estimate of drug-likeness (QED) is 0.569. The van der Waals surface area contributed by atoms with Crippen molar-refractivity contribution < 1.29 is 9.21 Å². The lowest BCUT2D eigenvalue weighted by Gasteiger charge is -2.10. The minimum Gasteiger partial charge on any atom is -0.416 e. The normalized spacial score (nSPS) is 10.7. The van der Waals surface area contributed by atoms with Gasteiger partial charge in [-0.3, -0.25) is 4.79 Å². The summed E-state index contributed by atoms with van der Waals surface area (Å²) in [5.41, 5.74) is 8.40. The smallest absolute Gasteiger partial charge is 0.277 e. The third-order valence-electron chi connectivity index (χ3n) is 3.37. The van der Waals surface area contributed by atoms with Crippen molar-refractivity contribution in [3.05, 3.63) is 35.2 Å². The second kappa shape index (κ2) is 8.69. The van der Waals surface area contributed by atoms with Crippen LogP contribution < -0.4 is 11.1 Å². The second-order valence-corrected chi connectivity index (χ2v) is 6.24. The number of anilines is 1. The van der Waals surface area contributed by atoms with Crippen molar-refractivity contribution in [1.82, 2.24) is 10.2 Å². The van der Waals surface area contributed by atoms with E-state index >= 15 is 0 Å². The van der Waals surface area contributed by atoms with Crippen molar-refractivity contribution in [2.45, 2.75) is 38.3 Å². The summed E-state index contributed by atoms with van der Waals surface area (Å²) in [7, 11) is 0. The topological polar surface area (TPSA) is 94.0 Å². The van der Waals surface area contributed by atoms with E-state index in [9.17, 15) is 4.79 Å². The van der Waals surface area contributed by atoms with Crippen LogP contribution in [-0.4, -0.2) is 28.4 Å². The number of thioether (sulfide) groups is 1. The van der Waals surface area contributed by atoms with Gasteiger partial charge in [0.15, 0.2) is 0 Å². The van der Waals surface area contributed by atoms with E-state index in [0.29, 0.717) is 17.7 Å². The van der Waals surface area contributed by atoms with Gasteiger partial charge in [0.05, 0.1) is 5.75 Å². The van der Waals surface area contributed by atoms with Gasteiger partial charge in [0.1, 0.15) is 0 Å². The van der Waals surface area contributed by atoms with Crippen LogP contribution in [0.3, 0.4) is 0 Å². The molecule has 0 atom stereocenters. The predicted molar refractivity (Wildman–Crippen MR) is 91.6 cm³/mol. The molecule has 7 heteroatoms. The van der Waals surface area contributed by atoms with Crippen molar-refractivity contribution in [1.29, 1.82) is 0 Å². The number of aryl methyl sites for hydroxylation is 3. The van der Waals surface area contributed by atoms with Crippen molar-refractivity contribution >= 4 is 23.4 Å². The summed E-state index contributed by atoms with van der Waals surface area (Å²) in [4.78, 5) is 12.1. The molecule has 6 nitrogen and oxygen atoms in total. The Morgan fingerprint density at radius 2 is 2.00 bits per heavy atom. The molecule has 1 aromatic carbocycles. The zero-order valence-electron chi connectivity index (χ0n) is 13.5. The molecule has 23 heavy (non-hydrogen) atoms. The number of para-hydroxylation sites is 1. The van der Waals surface area contributed by atoms with Crippen molar-refractivity contribution in [3.63, 3.8) is 0 Å². The highest BCUT2D eigenvalue weighted by Gasteiger charge is 2.11. The highest BCUT2D eigenvalue weighted by atomic mass is 32.2. The summed E-state index contributed by atoms with van der Waals surface area (Å²) in [6.45, 7) is 4.61. The molecule has 0 saturated heterocycles. The van der Waals surface area contributed by atoms with E-state index in [1.54, 1.807) is 0 Å². The number of nitrogens with one attached hydrogen (secondary N) is 1. The molecule has 1 amide bonds. The van der Waals surface area contributed by atoms with E-state index in [2.05, 4.69) is 15.5 Å². The number of hydrogen-bond acceptors (Lipinski definition) is 6. The lowest BCUT2D eigenvalue weighted by molar-refractivity contribution is -0.113. The summed E-state index contributed by atoms with van der Waals surface area (Å²) in [6, 6.07) is 5.92. The zero-order chi connectivity index (χ0) is 16.7. The Morgan fingerprint density at radius 1 is 1.26 bits per heavy atom. The minimum atomic E-state index is -0.0877. The number of aromatic nitrogens is 2. The van der Waals surface area contributed by atoms with Crippen LogP contribution in [0.25, 0.3) is 0 Å². The third kappa shape index (κ3) is 5.37. The van der Waals surface area contributed by atoms with Gasteiger partial charge in [-0.1, -0.05) is 30.0 Å². The fourth-order valence-corrected chi connectivity index (χ4v) is 2.71. The molecule has 3 N–H and O–H groups in total. The van der Waals surface area contributed by atoms with Crippen LogP contribution in [0.4, 0.5) is 5.69 Å². The molecule has 0 bridgehead atoms. The number of carbonyl (C=O) groups excluding carboxylic acids is 1. The molecule has 124 valence electrons. The lowest BCUT2D eigenvalue weighted by Crippen LogP contribution is -2.15. The number of rotatable bonds is 8. The summed E-state index contributed by atoms with van der Waals surface area (Å²) in [6.07, 6.45) is 2.58. The number of amides is 1. The van der Waals surface area contributed by atoms with E-state index in [4.69, 9.17) is 10.2 Å². The maximum Gasteiger partial charge on any atom is 0.277 e. The molecule has 1 aromatic heterocycles. The van der Waals surface area contributed by atoms with Gasteiger partial charge in [-0.2, -0.15) is 0 Å². The van der Waals surface area contributed by atoms with Gasteiger partial charge in [-0.15, -0.1) is 10.2 Å². The van der Waals surface area contributed by atoms with Crippen LogP contribution >= 0.6 is 11.8 Å². The molecule has 0 saturated carbocycles. The fraction of sp³-hybridized carbons (Fsp3) is 0.438. The molecule has 0 radical (unpaired) electrons. The maximum absolute atomic E-state index is 12.1. The summed E-state index contributed by atoms with van der Waals surface area (Å²) in [5.74, 6) is 0.740. The van der Waals surface area contributed by atoms with Gasteiger partial charge in [0, 0.05) is 12.1 Å². The molecule has 2 rings (SSSR count). The van der Waals surface area contributed by atoms with Crippen LogP contribution in [0.5, 0.6) is 0 Å². The fourth-order valence-electron chi connectivity index (χ4n) is 2.13. The largest absolute Gasteiger partial charge is 0.416 e. The highest BCUT2D eigenvalue weighted by molar-refractivity contribution is 7.99. The van der Waals surface area contributed by atoms with Crippen molar-refractivity contribution in [2.75, 3.05) is 17.6 Å². The maximum atomic E-state index is 12.1. The van der Waals surface area contributed by atoms with E-state index in [1.165, 1.54) is 11.8 Å². The van der Waals surface area contributed by atoms with Gasteiger partial charge in [0.25, 0.3) is 5.22 Å². The number of nitrogens with two attached hydrogens (primary N) is 1. The van der Waals surface area contributed by atoms with Crippen LogP contribution in [0, 0.1) is 13.8 Å². The molecule has 2 aromatic rings. The summed E-state index contributed by atoms with van der Waals surface area (Å²) < 4.78 is 5.50. The molecular formula is C16H22N4O2S. The Hall–Kier alpha value is -1.86. The van der Waals surface area contributed by atoms with Crippen LogP contribution in [-0.2, 0) is 11.2 Å². The van der Waals surface area contributed by atoms with Crippen LogP contribution in [0.15, 0.2) is 27.8 Å². The van der Waals surface area contributed by atoms with E-state index in [-0.39, 0.29) is 11.7 Å². The van der Waals surface area contributed by atoms with Gasteiger partial charge >= 0.3 is 0 Å². The number of carbonyl (C=O) groups is 1. The highest BCUT2D eigenvalue weighted by Crippen LogP contribution is 2.21. The Labute approximate surface area is 140 Å². The first-order chi connectivity index (χ1) is 11.1. The van der Waals surface area contributed by atoms with Gasteiger partial charge in [-0.05, 0) is 44.4 Å². The first kappa shape index (κ1) is 17.5. The standard InChI is InChI=1S/C16H22N4O2S/c1-11-6-5-7-12(2)15(11)18-13(21)10-23-16-20-19-14(22-16)8-3-4-9-17/h5-7H,3-4,8-10,17H2,1-2H3,(H,18,21). The Bertz CT molecular complexity index is 637. The summed E-state index contributed by atoms with van der Waals surface area (Å²) in [5, 5.41) is 11.3. The molecule has 0 unspecified atom stereocenters. The number of nitrogens with zero attached hydrogens (tertiary/aromatic N) is 2. The van der Waals surface area contributed by atoms with Gasteiger partial charge < -0.3 is 15.5 Å². The molecule has 0 aliphatic carbocycles. The SMILES string of the molecule is Cc1cccc(C)c1NC(=O)CSc1nnc(CCCCN)o1.